The van der Waals surface area contributed by atoms with Crippen LogP contribution < -0.4 is 5.32 Å². The van der Waals surface area contributed by atoms with E-state index in [1.165, 1.54) is 11.3 Å². The highest BCUT2D eigenvalue weighted by molar-refractivity contribution is 7.14. The molecule has 0 unspecified atom stereocenters. The molecule has 1 rings (SSSR count). The van der Waals surface area contributed by atoms with Gasteiger partial charge in [-0.2, -0.15) is 0 Å². The summed E-state index contributed by atoms with van der Waals surface area (Å²) in [4.78, 5) is 13.4. The number of amides is 1. The molecular formula is C10H15NO2S. The minimum absolute atomic E-state index is 0.0327. The summed E-state index contributed by atoms with van der Waals surface area (Å²) in [6.45, 7) is 5.71. The van der Waals surface area contributed by atoms with Gasteiger partial charge < -0.3 is 10.4 Å². The molecule has 1 amide bonds. The SMILES string of the molecule is Cc1cc(C(=O)N[C@H](C)CO)sc1C. The number of thiophene rings is 1. The number of aliphatic hydroxyl groups excluding tert-OH is 1. The molecule has 0 aliphatic heterocycles. The van der Waals surface area contributed by atoms with Crippen LogP contribution >= 0.6 is 11.3 Å². The first-order valence-corrected chi connectivity index (χ1v) is 5.35. The zero-order valence-corrected chi connectivity index (χ0v) is 9.44. The fourth-order valence-corrected chi connectivity index (χ4v) is 1.96. The van der Waals surface area contributed by atoms with Crippen LogP contribution in [0.15, 0.2) is 6.07 Å². The Bertz CT molecular complexity index is 313. The van der Waals surface area contributed by atoms with Gasteiger partial charge in [0.15, 0.2) is 0 Å². The average Bonchev–Trinajstić information content (AvgIpc) is 2.47. The van der Waals surface area contributed by atoms with Gasteiger partial charge in [0.05, 0.1) is 11.5 Å². The second-order valence-electron chi connectivity index (χ2n) is 3.41. The summed E-state index contributed by atoms with van der Waals surface area (Å²) in [6, 6.07) is 1.68. The average molecular weight is 213 g/mol. The standard InChI is InChI=1S/C10H15NO2S/c1-6-4-9(14-8(6)3)10(13)11-7(2)5-12/h4,7,12H,5H2,1-3H3,(H,11,13)/t7-/m1/s1. The number of carbonyl (C=O) groups excluding carboxylic acids is 1. The fraction of sp³-hybridized carbons (Fsp3) is 0.500. The maximum atomic E-state index is 11.6. The van der Waals surface area contributed by atoms with Crippen LogP contribution in [0, 0.1) is 13.8 Å². The molecule has 0 radical (unpaired) electrons. The van der Waals surface area contributed by atoms with E-state index in [1.54, 1.807) is 6.92 Å². The first-order valence-electron chi connectivity index (χ1n) is 4.53. The van der Waals surface area contributed by atoms with Crippen molar-refractivity contribution in [2.45, 2.75) is 26.8 Å². The van der Waals surface area contributed by atoms with E-state index >= 15 is 0 Å². The van der Waals surface area contributed by atoms with Crippen LogP contribution in [0.2, 0.25) is 0 Å². The Morgan fingerprint density at radius 3 is 2.71 bits per heavy atom. The summed E-state index contributed by atoms with van der Waals surface area (Å²) < 4.78 is 0. The predicted molar refractivity (Wildman–Crippen MR) is 57.8 cm³/mol. The molecule has 1 heterocycles. The van der Waals surface area contributed by atoms with Crippen molar-refractivity contribution in [1.29, 1.82) is 0 Å². The Hall–Kier alpha value is -0.870. The van der Waals surface area contributed by atoms with E-state index < -0.39 is 0 Å². The van der Waals surface area contributed by atoms with E-state index in [0.29, 0.717) is 4.88 Å². The number of hydrogen-bond acceptors (Lipinski definition) is 3. The first-order chi connectivity index (χ1) is 6.54. The zero-order valence-electron chi connectivity index (χ0n) is 8.63. The lowest BCUT2D eigenvalue weighted by Crippen LogP contribution is -2.34. The van der Waals surface area contributed by atoms with Crippen molar-refractivity contribution in [2.75, 3.05) is 6.61 Å². The van der Waals surface area contributed by atoms with Crippen LogP contribution in [0.3, 0.4) is 0 Å². The van der Waals surface area contributed by atoms with E-state index in [1.807, 2.05) is 19.9 Å². The fourth-order valence-electron chi connectivity index (χ4n) is 1.03. The lowest BCUT2D eigenvalue weighted by Gasteiger charge is -2.08. The van der Waals surface area contributed by atoms with Gasteiger partial charge in [-0.15, -0.1) is 11.3 Å². The number of rotatable bonds is 3. The van der Waals surface area contributed by atoms with Crippen LogP contribution in [-0.4, -0.2) is 23.7 Å². The quantitative estimate of drug-likeness (QED) is 0.799. The third-order valence-corrected chi connectivity index (χ3v) is 3.19. The molecule has 2 N–H and O–H groups in total. The Balaban J connectivity index is 2.70. The van der Waals surface area contributed by atoms with Gasteiger partial charge in [-0.05, 0) is 32.4 Å². The van der Waals surface area contributed by atoms with Crippen molar-refractivity contribution < 1.29 is 9.90 Å². The number of nitrogens with one attached hydrogen (secondary N) is 1. The molecule has 0 saturated carbocycles. The lowest BCUT2D eigenvalue weighted by molar-refractivity contribution is 0.0926. The topological polar surface area (TPSA) is 49.3 Å². The number of hydrogen-bond donors (Lipinski definition) is 2. The van der Waals surface area contributed by atoms with Crippen molar-refractivity contribution >= 4 is 17.2 Å². The van der Waals surface area contributed by atoms with Crippen molar-refractivity contribution in [3.05, 3.63) is 21.4 Å². The molecule has 0 spiro atoms. The molecule has 78 valence electrons. The summed E-state index contributed by atoms with van der Waals surface area (Å²) in [5, 5.41) is 11.5. The lowest BCUT2D eigenvalue weighted by atomic mass is 10.2. The Labute approximate surface area is 87.8 Å². The van der Waals surface area contributed by atoms with Gasteiger partial charge in [0.2, 0.25) is 0 Å². The van der Waals surface area contributed by atoms with E-state index in [2.05, 4.69) is 5.32 Å². The van der Waals surface area contributed by atoms with Gasteiger partial charge in [0, 0.05) is 10.9 Å². The highest BCUT2D eigenvalue weighted by atomic mass is 32.1. The molecule has 0 aromatic carbocycles. The third kappa shape index (κ3) is 2.56. The zero-order chi connectivity index (χ0) is 10.7. The second-order valence-corrected chi connectivity index (χ2v) is 4.66. The van der Waals surface area contributed by atoms with Crippen molar-refractivity contribution in [3.63, 3.8) is 0 Å². The van der Waals surface area contributed by atoms with Crippen LogP contribution in [0.25, 0.3) is 0 Å². The summed E-state index contributed by atoms with van der Waals surface area (Å²) >= 11 is 1.48. The van der Waals surface area contributed by atoms with Gasteiger partial charge in [-0.25, -0.2) is 0 Å². The molecule has 1 aromatic rings. The van der Waals surface area contributed by atoms with E-state index in [9.17, 15) is 4.79 Å². The summed E-state index contributed by atoms with van der Waals surface area (Å²) in [7, 11) is 0. The molecular weight excluding hydrogens is 198 g/mol. The van der Waals surface area contributed by atoms with Gasteiger partial charge >= 0.3 is 0 Å². The van der Waals surface area contributed by atoms with Crippen molar-refractivity contribution in [1.82, 2.24) is 5.32 Å². The highest BCUT2D eigenvalue weighted by Gasteiger charge is 2.12. The van der Waals surface area contributed by atoms with E-state index in [0.717, 1.165) is 10.4 Å². The monoisotopic (exact) mass is 213 g/mol. The second kappa shape index (κ2) is 4.57. The third-order valence-electron chi connectivity index (χ3n) is 2.04. The minimum atomic E-state index is -0.190. The smallest absolute Gasteiger partial charge is 0.261 e. The van der Waals surface area contributed by atoms with Crippen LogP contribution in [-0.2, 0) is 0 Å². The molecule has 14 heavy (non-hydrogen) atoms. The molecule has 0 aliphatic rings. The maximum Gasteiger partial charge on any atom is 0.261 e. The number of aryl methyl sites for hydroxylation is 2. The van der Waals surface area contributed by atoms with Gasteiger partial charge in [0.1, 0.15) is 0 Å². The molecule has 0 fully saturated rings. The largest absolute Gasteiger partial charge is 0.394 e. The van der Waals surface area contributed by atoms with E-state index in [-0.39, 0.29) is 18.6 Å². The van der Waals surface area contributed by atoms with Crippen LogP contribution in [0.1, 0.15) is 27.0 Å². The van der Waals surface area contributed by atoms with Gasteiger partial charge in [-0.1, -0.05) is 0 Å². The van der Waals surface area contributed by atoms with Crippen molar-refractivity contribution in [2.24, 2.45) is 0 Å². The predicted octanol–water partition coefficient (Wildman–Crippen LogP) is 1.48. The summed E-state index contributed by atoms with van der Waals surface area (Å²) in [5.41, 5.74) is 1.14. The molecule has 1 atom stereocenters. The summed E-state index contributed by atoms with van der Waals surface area (Å²) in [6.07, 6.45) is 0. The number of aliphatic hydroxyl groups is 1. The Morgan fingerprint density at radius 1 is 1.64 bits per heavy atom. The summed E-state index contributed by atoms with van der Waals surface area (Å²) in [5.74, 6) is -0.104. The van der Waals surface area contributed by atoms with Gasteiger partial charge in [-0.3, -0.25) is 4.79 Å². The molecule has 0 aliphatic carbocycles. The molecule has 0 bridgehead atoms. The van der Waals surface area contributed by atoms with Crippen LogP contribution in [0.4, 0.5) is 0 Å². The Kier molecular flexibility index (Phi) is 3.66. The molecule has 1 aromatic heterocycles. The maximum absolute atomic E-state index is 11.6. The molecule has 3 nitrogen and oxygen atoms in total. The van der Waals surface area contributed by atoms with Gasteiger partial charge in [0.25, 0.3) is 5.91 Å². The van der Waals surface area contributed by atoms with Crippen molar-refractivity contribution in [3.8, 4) is 0 Å². The van der Waals surface area contributed by atoms with Crippen LogP contribution in [0.5, 0.6) is 0 Å². The number of carbonyl (C=O) groups is 1. The minimum Gasteiger partial charge on any atom is -0.394 e. The molecule has 4 heteroatoms. The highest BCUT2D eigenvalue weighted by Crippen LogP contribution is 2.20. The molecule has 0 saturated heterocycles. The normalized spacial score (nSPS) is 12.6. The Morgan fingerprint density at radius 2 is 2.29 bits per heavy atom. The van der Waals surface area contributed by atoms with E-state index in [4.69, 9.17) is 5.11 Å². The first kappa shape index (κ1) is 11.2.